The fraction of sp³-hybridized carbons (Fsp3) is 0.217. The number of rotatable bonds is 6. The van der Waals surface area contributed by atoms with E-state index >= 15 is 0 Å². The molecule has 2 aromatic carbocycles. The van der Waals surface area contributed by atoms with Crippen molar-refractivity contribution in [3.8, 4) is 11.1 Å². The Labute approximate surface area is 164 Å². The van der Waals surface area contributed by atoms with Gasteiger partial charge in [0.05, 0.1) is 6.04 Å². The van der Waals surface area contributed by atoms with Gasteiger partial charge in [-0.15, -0.1) is 0 Å². The van der Waals surface area contributed by atoms with Crippen molar-refractivity contribution in [2.75, 3.05) is 13.2 Å². The van der Waals surface area contributed by atoms with Crippen LogP contribution < -0.4 is 5.32 Å². The van der Waals surface area contributed by atoms with Crippen LogP contribution in [0, 0.1) is 0 Å². The molecule has 0 saturated carbocycles. The number of benzene rings is 2. The van der Waals surface area contributed by atoms with Crippen LogP contribution in [-0.4, -0.2) is 29.4 Å². The van der Waals surface area contributed by atoms with Gasteiger partial charge in [-0.3, -0.25) is 4.98 Å². The Bertz CT molecular complexity index is 913. The van der Waals surface area contributed by atoms with Crippen molar-refractivity contribution in [3.63, 3.8) is 0 Å². The van der Waals surface area contributed by atoms with Gasteiger partial charge in [0.1, 0.15) is 6.61 Å². The lowest BCUT2D eigenvalue weighted by Gasteiger charge is -2.19. The Kier molecular flexibility index (Phi) is 5.35. The molecule has 0 bridgehead atoms. The summed E-state index contributed by atoms with van der Waals surface area (Å²) in [4.78, 5) is 16.5. The minimum Gasteiger partial charge on any atom is -0.449 e. The molecule has 3 aromatic rings. The van der Waals surface area contributed by atoms with E-state index in [2.05, 4.69) is 34.6 Å². The van der Waals surface area contributed by atoms with Crippen LogP contribution in [0.25, 0.3) is 11.1 Å². The van der Waals surface area contributed by atoms with E-state index < -0.39 is 6.09 Å². The molecule has 5 nitrogen and oxygen atoms in total. The number of pyridine rings is 1. The fourth-order valence-corrected chi connectivity index (χ4v) is 3.82. The van der Waals surface area contributed by atoms with Crippen molar-refractivity contribution in [2.24, 2.45) is 0 Å². The van der Waals surface area contributed by atoms with E-state index in [0.717, 1.165) is 5.56 Å². The summed E-state index contributed by atoms with van der Waals surface area (Å²) in [5.74, 6) is 0.0211. The lowest BCUT2D eigenvalue weighted by atomic mass is 9.98. The summed E-state index contributed by atoms with van der Waals surface area (Å²) in [7, 11) is 0. The highest BCUT2D eigenvalue weighted by Crippen LogP contribution is 2.44. The van der Waals surface area contributed by atoms with Crippen LogP contribution >= 0.6 is 0 Å². The first-order valence-corrected chi connectivity index (χ1v) is 9.40. The monoisotopic (exact) mass is 374 g/mol. The summed E-state index contributed by atoms with van der Waals surface area (Å²) >= 11 is 0. The van der Waals surface area contributed by atoms with Crippen LogP contribution in [0.1, 0.15) is 35.1 Å². The van der Waals surface area contributed by atoms with Gasteiger partial charge in [-0.1, -0.05) is 54.6 Å². The van der Waals surface area contributed by atoms with Crippen molar-refractivity contribution in [1.82, 2.24) is 10.3 Å². The number of alkyl carbamates (subject to hydrolysis) is 1. The molecule has 1 atom stereocenters. The van der Waals surface area contributed by atoms with Gasteiger partial charge < -0.3 is 15.2 Å². The number of hydrogen-bond donors (Lipinski definition) is 2. The molecule has 1 aliphatic rings. The summed E-state index contributed by atoms with van der Waals surface area (Å²) < 4.78 is 5.59. The molecular formula is C23H22N2O3. The molecule has 0 radical (unpaired) electrons. The Morgan fingerprint density at radius 1 is 1.04 bits per heavy atom. The second kappa shape index (κ2) is 8.23. The average Bonchev–Trinajstić information content (AvgIpc) is 3.06. The first kappa shape index (κ1) is 18.2. The van der Waals surface area contributed by atoms with E-state index in [1.54, 1.807) is 18.5 Å². The summed E-state index contributed by atoms with van der Waals surface area (Å²) in [5, 5.41) is 12.2. The zero-order valence-corrected chi connectivity index (χ0v) is 15.4. The molecule has 0 aliphatic heterocycles. The maximum absolute atomic E-state index is 12.4. The topological polar surface area (TPSA) is 71.5 Å². The molecule has 28 heavy (non-hydrogen) atoms. The zero-order chi connectivity index (χ0) is 19.3. The Morgan fingerprint density at radius 2 is 1.71 bits per heavy atom. The van der Waals surface area contributed by atoms with Gasteiger partial charge in [0.15, 0.2) is 0 Å². The maximum Gasteiger partial charge on any atom is 0.407 e. The first-order valence-electron chi connectivity index (χ1n) is 9.40. The molecule has 0 saturated heterocycles. The molecule has 0 fully saturated rings. The van der Waals surface area contributed by atoms with Gasteiger partial charge >= 0.3 is 6.09 Å². The third-order valence-corrected chi connectivity index (χ3v) is 5.14. The van der Waals surface area contributed by atoms with Crippen molar-refractivity contribution in [2.45, 2.75) is 18.4 Å². The highest BCUT2D eigenvalue weighted by atomic mass is 16.5. The second-order valence-electron chi connectivity index (χ2n) is 6.82. The van der Waals surface area contributed by atoms with Crippen molar-refractivity contribution in [1.29, 1.82) is 0 Å². The van der Waals surface area contributed by atoms with Gasteiger partial charge in [-0.25, -0.2) is 4.79 Å². The Morgan fingerprint density at radius 3 is 2.32 bits per heavy atom. The number of nitrogens with one attached hydrogen (secondary N) is 1. The number of carbonyl (C=O) groups excluding carboxylic acids is 1. The number of aliphatic hydroxyl groups is 1. The van der Waals surface area contributed by atoms with E-state index in [0.29, 0.717) is 6.42 Å². The van der Waals surface area contributed by atoms with E-state index in [1.165, 1.54) is 22.3 Å². The smallest absolute Gasteiger partial charge is 0.407 e. The lowest BCUT2D eigenvalue weighted by molar-refractivity contribution is 0.136. The van der Waals surface area contributed by atoms with Crippen molar-refractivity contribution >= 4 is 6.09 Å². The van der Waals surface area contributed by atoms with Crippen LogP contribution in [0.2, 0.25) is 0 Å². The van der Waals surface area contributed by atoms with Gasteiger partial charge in [0.2, 0.25) is 0 Å². The molecule has 0 spiro atoms. The first-order chi connectivity index (χ1) is 13.8. The molecule has 142 valence electrons. The molecule has 2 N–H and O–H groups in total. The highest BCUT2D eigenvalue weighted by molar-refractivity contribution is 5.79. The summed E-state index contributed by atoms with van der Waals surface area (Å²) in [5.41, 5.74) is 5.58. The molecule has 4 rings (SSSR count). The number of aromatic nitrogens is 1. The van der Waals surface area contributed by atoms with Crippen LogP contribution in [-0.2, 0) is 4.74 Å². The largest absolute Gasteiger partial charge is 0.449 e. The van der Waals surface area contributed by atoms with Gasteiger partial charge in [0.25, 0.3) is 0 Å². The molecule has 1 heterocycles. The Hall–Kier alpha value is -3.18. The summed E-state index contributed by atoms with van der Waals surface area (Å²) in [6.45, 7) is 0.224. The average molecular weight is 374 g/mol. The predicted octanol–water partition coefficient (Wildman–Crippen LogP) is 4.04. The minimum absolute atomic E-state index is 0.0211. The quantitative estimate of drug-likeness (QED) is 0.683. The van der Waals surface area contributed by atoms with Gasteiger partial charge in [-0.2, -0.15) is 0 Å². The number of aliphatic hydroxyl groups excluding tert-OH is 1. The number of nitrogens with zero attached hydrogens (tertiary/aromatic N) is 1. The normalized spacial score (nSPS) is 13.5. The van der Waals surface area contributed by atoms with Gasteiger partial charge in [0, 0.05) is 24.9 Å². The molecule has 5 heteroatoms. The number of ether oxygens (including phenoxy) is 1. The van der Waals surface area contributed by atoms with Crippen molar-refractivity contribution in [3.05, 3.63) is 89.7 Å². The molecular weight excluding hydrogens is 352 g/mol. The SMILES string of the molecule is O=C(N[C@@H](CCO)c1cccnc1)OCC1c2ccccc2-c2ccccc21. The molecule has 1 amide bonds. The van der Waals surface area contributed by atoms with Crippen LogP contribution in [0.15, 0.2) is 73.1 Å². The number of carbonyl (C=O) groups is 1. The number of fused-ring (bicyclic) bond motifs is 3. The highest BCUT2D eigenvalue weighted by Gasteiger charge is 2.29. The lowest BCUT2D eigenvalue weighted by Crippen LogP contribution is -2.31. The Balaban J connectivity index is 1.46. The summed E-state index contributed by atoms with van der Waals surface area (Å²) in [6, 6.07) is 19.8. The predicted molar refractivity (Wildman–Crippen MR) is 107 cm³/mol. The van der Waals surface area contributed by atoms with E-state index in [9.17, 15) is 9.90 Å². The molecule has 1 aliphatic carbocycles. The van der Waals surface area contributed by atoms with Crippen molar-refractivity contribution < 1.29 is 14.6 Å². The maximum atomic E-state index is 12.4. The standard InChI is InChI=1S/C23H22N2O3/c26-13-11-22(16-6-5-12-24-14-16)25-23(27)28-15-21-19-9-3-1-7-17(19)18-8-2-4-10-20(18)21/h1-10,12,14,21-22,26H,11,13,15H2,(H,25,27)/t22-/m0/s1. The minimum atomic E-state index is -0.496. The summed E-state index contributed by atoms with van der Waals surface area (Å²) in [6.07, 6.45) is 3.26. The fourth-order valence-electron chi connectivity index (χ4n) is 3.82. The third kappa shape index (κ3) is 3.62. The van der Waals surface area contributed by atoms with E-state index in [1.807, 2.05) is 30.3 Å². The van der Waals surface area contributed by atoms with Crippen LogP contribution in [0.4, 0.5) is 4.79 Å². The molecule has 1 aromatic heterocycles. The van der Waals surface area contributed by atoms with Crippen LogP contribution in [0.3, 0.4) is 0 Å². The third-order valence-electron chi connectivity index (χ3n) is 5.14. The van der Waals surface area contributed by atoms with Gasteiger partial charge in [-0.05, 0) is 40.3 Å². The van der Waals surface area contributed by atoms with E-state index in [4.69, 9.17) is 4.74 Å². The van der Waals surface area contributed by atoms with E-state index in [-0.39, 0.29) is 25.2 Å². The second-order valence-corrected chi connectivity index (χ2v) is 6.82. The molecule has 0 unspecified atom stereocenters. The number of hydrogen-bond acceptors (Lipinski definition) is 4. The zero-order valence-electron chi connectivity index (χ0n) is 15.4. The number of amides is 1. The van der Waals surface area contributed by atoms with Crippen LogP contribution in [0.5, 0.6) is 0 Å².